The monoisotopic (exact) mass is 442 g/mol. The van der Waals surface area contributed by atoms with Gasteiger partial charge in [0.05, 0.1) is 31.0 Å². The molecule has 2 rings (SSSR count). The van der Waals surface area contributed by atoms with Gasteiger partial charge in [-0.3, -0.25) is 0 Å². The molecule has 1 aromatic carbocycles. The molecular weight excluding hydrogens is 404 g/mol. The topological polar surface area (TPSA) is 65.0 Å². The van der Waals surface area contributed by atoms with Gasteiger partial charge in [0.1, 0.15) is 6.10 Å². The first kappa shape index (κ1) is 29.2. The molecule has 2 atom stereocenters. The largest absolute Gasteiger partial charge is 0.513 e. The first-order valence-corrected chi connectivity index (χ1v) is 10.7. The van der Waals surface area contributed by atoms with Crippen molar-refractivity contribution in [3.05, 3.63) is 72.5 Å². The predicted molar refractivity (Wildman–Crippen MR) is 130 cm³/mol. The van der Waals surface area contributed by atoms with Crippen molar-refractivity contribution in [2.45, 2.75) is 52.7 Å². The average Bonchev–Trinajstić information content (AvgIpc) is 3.02. The molecule has 0 amide bonds. The van der Waals surface area contributed by atoms with Crippen molar-refractivity contribution in [2.24, 2.45) is 5.41 Å². The van der Waals surface area contributed by atoms with E-state index in [9.17, 15) is 4.79 Å². The number of rotatable bonds is 11. The van der Waals surface area contributed by atoms with Crippen LogP contribution in [0.25, 0.3) is 0 Å². The number of aliphatic hydroxyl groups excluding tert-OH is 1. The summed E-state index contributed by atoms with van der Waals surface area (Å²) in [6, 6.07) is 10.1. The van der Waals surface area contributed by atoms with Crippen LogP contribution >= 0.6 is 0 Å². The zero-order valence-electron chi connectivity index (χ0n) is 19.7. The highest BCUT2D eigenvalue weighted by Gasteiger charge is 2.48. The summed E-state index contributed by atoms with van der Waals surface area (Å²) in [5, 5.41) is 8.22. The Morgan fingerprint density at radius 1 is 1.25 bits per heavy atom. The molecule has 1 N–H and O–H groups in total. The summed E-state index contributed by atoms with van der Waals surface area (Å²) in [7, 11) is 0. The van der Waals surface area contributed by atoms with Gasteiger partial charge in [-0.1, -0.05) is 49.1 Å². The molecule has 1 aliphatic rings. The molecule has 176 valence electrons. The normalized spacial score (nSPS) is 19.8. The van der Waals surface area contributed by atoms with Crippen molar-refractivity contribution in [3.63, 3.8) is 0 Å². The second kappa shape index (κ2) is 16.8. The fourth-order valence-electron chi connectivity index (χ4n) is 2.90. The Morgan fingerprint density at radius 3 is 2.44 bits per heavy atom. The fourth-order valence-corrected chi connectivity index (χ4v) is 2.90. The van der Waals surface area contributed by atoms with Crippen LogP contribution in [0.3, 0.4) is 0 Å². The minimum absolute atomic E-state index is 0.212. The van der Waals surface area contributed by atoms with Gasteiger partial charge in [0.15, 0.2) is 0 Å². The van der Waals surface area contributed by atoms with Crippen LogP contribution in [0.5, 0.6) is 0 Å². The summed E-state index contributed by atoms with van der Waals surface area (Å²) < 4.78 is 16.9. The van der Waals surface area contributed by atoms with Crippen molar-refractivity contribution in [2.75, 3.05) is 19.8 Å². The quantitative estimate of drug-likeness (QED) is 0.117. The number of aliphatic hydroxyl groups is 1. The van der Waals surface area contributed by atoms with Crippen LogP contribution in [0.4, 0.5) is 0 Å². The van der Waals surface area contributed by atoms with E-state index in [1.54, 1.807) is 19.9 Å². The van der Waals surface area contributed by atoms with Gasteiger partial charge < -0.3 is 19.3 Å². The number of allylic oxidation sites excluding steroid dienone is 2. The van der Waals surface area contributed by atoms with Crippen LogP contribution in [0, 0.1) is 18.3 Å². The molecule has 1 aliphatic heterocycles. The molecule has 1 saturated heterocycles. The zero-order chi connectivity index (χ0) is 24.4. The Morgan fingerprint density at radius 2 is 1.88 bits per heavy atom. The van der Waals surface area contributed by atoms with Gasteiger partial charge in [-0.25, -0.2) is 4.79 Å². The minimum Gasteiger partial charge on any atom is -0.513 e. The van der Waals surface area contributed by atoms with E-state index in [0.717, 1.165) is 24.8 Å². The minimum atomic E-state index is -0.475. The summed E-state index contributed by atoms with van der Waals surface area (Å²) in [6.07, 6.45) is 13.6. The Bertz CT molecular complexity index is 731. The number of hydrogen-bond acceptors (Lipinski definition) is 5. The summed E-state index contributed by atoms with van der Waals surface area (Å²) in [5.74, 6) is 0.0648. The van der Waals surface area contributed by atoms with Crippen molar-refractivity contribution in [3.8, 4) is 12.8 Å². The lowest BCUT2D eigenvalue weighted by atomic mass is 9.79. The molecule has 0 saturated carbocycles. The standard InChI is InChI=1S/C21H28O4.C4H8O.C2H2/c1-4-5-13-24-16-21(3)17(2)20(22)25-19(21)12-9-14-23-15-18-10-7-6-8-11-18;1-3-4(2)5;1-2/h4,6-8,10-11,19H,1-2,5,9,12-16H2,3H3;3,5H,1-2H3;1-2H/b;4-3+;/t19-,21+;;/m1../s1. The second-order valence-corrected chi connectivity index (χ2v) is 7.53. The Hall–Kier alpha value is -2.81. The molecule has 0 aromatic heterocycles. The SMILES string of the molecule is C#C.C/C=C(\C)O.C=CCCOC[C@@]1(C)C(=C)C(=O)O[C@@H]1CCCOCc1ccccc1. The molecule has 0 aliphatic carbocycles. The van der Waals surface area contributed by atoms with E-state index in [4.69, 9.17) is 19.3 Å². The van der Waals surface area contributed by atoms with Gasteiger partial charge in [-0.2, -0.15) is 0 Å². The second-order valence-electron chi connectivity index (χ2n) is 7.53. The van der Waals surface area contributed by atoms with E-state index in [0.29, 0.717) is 37.8 Å². The number of esters is 1. The van der Waals surface area contributed by atoms with E-state index in [-0.39, 0.29) is 12.1 Å². The van der Waals surface area contributed by atoms with Crippen LogP contribution in [0.1, 0.15) is 45.6 Å². The molecule has 1 fully saturated rings. The molecule has 0 spiro atoms. The lowest BCUT2D eigenvalue weighted by Gasteiger charge is -2.29. The third-order valence-corrected chi connectivity index (χ3v) is 5.05. The third kappa shape index (κ3) is 10.5. The molecule has 5 heteroatoms. The van der Waals surface area contributed by atoms with Crippen molar-refractivity contribution in [1.29, 1.82) is 0 Å². The summed E-state index contributed by atoms with van der Waals surface area (Å²) in [6.45, 7) is 15.3. The van der Waals surface area contributed by atoms with Crippen molar-refractivity contribution >= 4 is 5.97 Å². The van der Waals surface area contributed by atoms with E-state index < -0.39 is 5.41 Å². The van der Waals surface area contributed by atoms with Crippen LogP contribution < -0.4 is 0 Å². The van der Waals surface area contributed by atoms with Crippen LogP contribution in [-0.2, 0) is 25.6 Å². The maximum absolute atomic E-state index is 11.9. The first-order valence-electron chi connectivity index (χ1n) is 10.7. The number of ether oxygens (including phenoxy) is 3. The van der Waals surface area contributed by atoms with Gasteiger partial charge >= 0.3 is 5.97 Å². The number of terminal acetylenes is 1. The van der Waals surface area contributed by atoms with E-state index in [1.807, 2.05) is 43.3 Å². The van der Waals surface area contributed by atoms with Crippen molar-refractivity contribution < 1.29 is 24.1 Å². The Balaban J connectivity index is 0.00000121. The molecular formula is C27H38O5. The van der Waals surface area contributed by atoms with E-state index >= 15 is 0 Å². The van der Waals surface area contributed by atoms with Crippen molar-refractivity contribution in [1.82, 2.24) is 0 Å². The van der Waals surface area contributed by atoms with Gasteiger partial charge in [-0.05, 0) is 45.6 Å². The summed E-state index contributed by atoms with van der Waals surface area (Å²) >= 11 is 0. The molecule has 32 heavy (non-hydrogen) atoms. The molecule has 0 radical (unpaired) electrons. The smallest absolute Gasteiger partial charge is 0.334 e. The Labute approximate surface area is 193 Å². The molecule has 0 unspecified atom stereocenters. The molecule has 1 aromatic rings. The number of carbonyl (C=O) groups is 1. The van der Waals surface area contributed by atoms with E-state index in [1.165, 1.54) is 0 Å². The highest BCUT2D eigenvalue weighted by atomic mass is 16.6. The zero-order valence-corrected chi connectivity index (χ0v) is 19.7. The Kier molecular flexibility index (Phi) is 15.4. The van der Waals surface area contributed by atoms with Gasteiger partial charge in [0, 0.05) is 12.2 Å². The lowest BCUT2D eigenvalue weighted by molar-refractivity contribution is -0.140. The maximum atomic E-state index is 11.9. The number of benzene rings is 1. The van der Waals surface area contributed by atoms with Gasteiger partial charge in [0.25, 0.3) is 0 Å². The maximum Gasteiger partial charge on any atom is 0.334 e. The number of hydrogen-bond donors (Lipinski definition) is 1. The number of cyclic esters (lactones) is 1. The highest BCUT2D eigenvalue weighted by Crippen LogP contribution is 2.41. The summed E-state index contributed by atoms with van der Waals surface area (Å²) in [5.41, 5.74) is 1.18. The van der Waals surface area contributed by atoms with Gasteiger partial charge in [-0.15, -0.1) is 19.4 Å². The highest BCUT2D eigenvalue weighted by molar-refractivity contribution is 5.92. The molecule has 5 nitrogen and oxygen atoms in total. The first-order chi connectivity index (χ1) is 15.3. The lowest BCUT2D eigenvalue weighted by Crippen LogP contribution is -2.34. The van der Waals surface area contributed by atoms with Crippen LogP contribution in [-0.4, -0.2) is 37.0 Å². The van der Waals surface area contributed by atoms with E-state index in [2.05, 4.69) is 26.0 Å². The van der Waals surface area contributed by atoms with Crippen LogP contribution in [0.2, 0.25) is 0 Å². The predicted octanol–water partition coefficient (Wildman–Crippen LogP) is 5.78. The number of carbonyl (C=O) groups excluding carboxylic acids is 1. The third-order valence-electron chi connectivity index (χ3n) is 5.05. The average molecular weight is 443 g/mol. The van der Waals surface area contributed by atoms with Gasteiger partial charge in [0.2, 0.25) is 0 Å². The fraction of sp³-hybridized carbons (Fsp3) is 0.444. The molecule has 1 heterocycles. The van der Waals surface area contributed by atoms with Crippen LogP contribution in [0.15, 0.2) is 67.0 Å². The summed E-state index contributed by atoms with van der Waals surface area (Å²) in [4.78, 5) is 11.9. The molecule has 0 bridgehead atoms.